The molecule has 1 atom stereocenters. The Labute approximate surface area is 115 Å². The largest absolute Gasteiger partial charge is 0.573 e. The first kappa shape index (κ1) is 17.5. The van der Waals surface area contributed by atoms with Crippen LogP contribution < -0.4 is 16.0 Å². The fourth-order valence-corrected chi connectivity index (χ4v) is 1.46. The van der Waals surface area contributed by atoms with Crippen LogP contribution in [0.3, 0.4) is 0 Å². The Morgan fingerprint density at radius 2 is 1.81 bits per heavy atom. The van der Waals surface area contributed by atoms with Gasteiger partial charge in [-0.2, -0.15) is 13.2 Å². The molecule has 0 bridgehead atoms. The number of hydrogen-bond donors (Lipinski definition) is 2. The van der Waals surface area contributed by atoms with Gasteiger partial charge in [0.15, 0.2) is 0 Å². The highest BCUT2D eigenvalue weighted by molar-refractivity contribution is 5.30. The van der Waals surface area contributed by atoms with Gasteiger partial charge in [0.05, 0.1) is 12.6 Å². The lowest BCUT2D eigenvalue weighted by molar-refractivity contribution is -0.274. The average molecular weight is 318 g/mol. The van der Waals surface area contributed by atoms with Gasteiger partial charge in [-0.15, -0.1) is 13.2 Å². The van der Waals surface area contributed by atoms with Crippen LogP contribution in [0.15, 0.2) is 24.3 Å². The minimum atomic E-state index is -4.86. The zero-order valence-electron chi connectivity index (χ0n) is 10.5. The van der Waals surface area contributed by atoms with Crippen LogP contribution in [0.1, 0.15) is 11.6 Å². The number of nitrogens with two attached hydrogens (primary N) is 1. The molecule has 0 fully saturated rings. The van der Waals surface area contributed by atoms with Gasteiger partial charge in [0.25, 0.3) is 0 Å². The Bertz CT molecular complexity index is 449. The molecule has 0 aliphatic rings. The number of ether oxygens (including phenoxy) is 2. The fraction of sp³-hybridized carbons (Fsp3) is 0.455. The van der Waals surface area contributed by atoms with Crippen molar-refractivity contribution >= 4 is 0 Å². The maximum absolute atomic E-state index is 12.1. The minimum Gasteiger partial charge on any atom is -0.406 e. The molecular formula is C11H12F6N2O2. The highest BCUT2D eigenvalue weighted by Gasteiger charge is 2.31. The van der Waals surface area contributed by atoms with Crippen molar-refractivity contribution in [3.05, 3.63) is 29.8 Å². The first-order valence-corrected chi connectivity index (χ1v) is 5.57. The van der Waals surface area contributed by atoms with E-state index in [1.165, 1.54) is 12.1 Å². The summed E-state index contributed by atoms with van der Waals surface area (Å²) in [6.07, 6.45) is -9.36. The fourth-order valence-electron chi connectivity index (χ4n) is 1.46. The molecule has 0 saturated heterocycles. The normalized spacial score (nSPS) is 14.0. The molecule has 0 amide bonds. The average Bonchev–Trinajstić information content (AvgIpc) is 2.31. The van der Waals surface area contributed by atoms with E-state index in [1.54, 1.807) is 0 Å². The Morgan fingerprint density at radius 1 is 1.14 bits per heavy atom. The molecule has 10 heteroatoms. The number of alkyl halides is 6. The van der Waals surface area contributed by atoms with Gasteiger partial charge in [-0.1, -0.05) is 12.1 Å². The lowest BCUT2D eigenvalue weighted by Gasteiger charge is -2.18. The van der Waals surface area contributed by atoms with E-state index in [2.05, 4.69) is 14.9 Å². The van der Waals surface area contributed by atoms with E-state index in [0.717, 1.165) is 12.1 Å². The van der Waals surface area contributed by atoms with E-state index in [1.807, 2.05) is 0 Å². The molecule has 21 heavy (non-hydrogen) atoms. The molecule has 0 radical (unpaired) electrons. The number of hydrazine groups is 1. The Hall–Kier alpha value is -1.52. The summed E-state index contributed by atoms with van der Waals surface area (Å²) in [6, 6.07) is 3.79. The van der Waals surface area contributed by atoms with Crippen molar-refractivity contribution in [2.75, 3.05) is 13.2 Å². The molecule has 0 aliphatic heterocycles. The van der Waals surface area contributed by atoms with Crippen LogP contribution in [-0.4, -0.2) is 25.8 Å². The van der Waals surface area contributed by atoms with Crippen LogP contribution in [0.2, 0.25) is 0 Å². The van der Waals surface area contributed by atoms with Crippen LogP contribution in [0, 0.1) is 0 Å². The van der Waals surface area contributed by atoms with E-state index in [-0.39, 0.29) is 5.56 Å². The van der Waals surface area contributed by atoms with E-state index in [9.17, 15) is 26.3 Å². The van der Waals surface area contributed by atoms with Gasteiger partial charge >= 0.3 is 12.5 Å². The molecule has 1 aromatic rings. The van der Waals surface area contributed by atoms with Crippen molar-refractivity contribution in [2.45, 2.75) is 18.6 Å². The first-order chi connectivity index (χ1) is 9.61. The van der Waals surface area contributed by atoms with Crippen LogP contribution in [-0.2, 0) is 4.74 Å². The highest BCUT2D eigenvalue weighted by Crippen LogP contribution is 2.25. The van der Waals surface area contributed by atoms with Crippen molar-refractivity contribution in [1.29, 1.82) is 0 Å². The lowest BCUT2D eigenvalue weighted by atomic mass is 10.1. The van der Waals surface area contributed by atoms with Gasteiger partial charge in [-0.25, -0.2) is 0 Å². The number of benzene rings is 1. The summed E-state index contributed by atoms with van der Waals surface area (Å²) in [4.78, 5) is 0. The molecular weight excluding hydrogens is 306 g/mol. The predicted octanol–water partition coefficient (Wildman–Crippen LogP) is 2.67. The molecule has 3 N–H and O–H groups in total. The summed E-state index contributed by atoms with van der Waals surface area (Å²) >= 11 is 0. The van der Waals surface area contributed by atoms with Gasteiger partial charge in [-0.3, -0.25) is 11.3 Å². The molecule has 0 saturated carbocycles. The lowest BCUT2D eigenvalue weighted by Crippen LogP contribution is -2.32. The summed E-state index contributed by atoms with van der Waals surface area (Å²) in [7, 11) is 0. The maximum Gasteiger partial charge on any atom is 0.573 e. The third-order valence-corrected chi connectivity index (χ3v) is 2.25. The third-order valence-electron chi connectivity index (χ3n) is 2.25. The predicted molar refractivity (Wildman–Crippen MR) is 60.1 cm³/mol. The Kier molecular flexibility index (Phi) is 5.81. The van der Waals surface area contributed by atoms with Gasteiger partial charge < -0.3 is 9.47 Å². The third kappa shape index (κ3) is 7.16. The SMILES string of the molecule is NNC(COCC(F)(F)F)c1cccc(OC(F)(F)F)c1. The molecule has 120 valence electrons. The smallest absolute Gasteiger partial charge is 0.406 e. The van der Waals surface area contributed by atoms with Crippen LogP contribution in [0.4, 0.5) is 26.3 Å². The van der Waals surface area contributed by atoms with Gasteiger partial charge in [0, 0.05) is 0 Å². The zero-order chi connectivity index (χ0) is 16.1. The second-order valence-corrected chi connectivity index (χ2v) is 3.97. The number of halogens is 6. The van der Waals surface area contributed by atoms with E-state index < -0.39 is 37.5 Å². The zero-order valence-corrected chi connectivity index (χ0v) is 10.5. The van der Waals surface area contributed by atoms with Gasteiger partial charge in [0.1, 0.15) is 12.4 Å². The van der Waals surface area contributed by atoms with Crippen molar-refractivity contribution in [1.82, 2.24) is 5.43 Å². The summed E-state index contributed by atoms with van der Waals surface area (Å²) in [5.74, 6) is 4.65. The Morgan fingerprint density at radius 3 is 2.33 bits per heavy atom. The highest BCUT2D eigenvalue weighted by atomic mass is 19.4. The number of nitrogens with one attached hydrogen (secondary N) is 1. The number of rotatable bonds is 6. The molecule has 1 aromatic carbocycles. The van der Waals surface area contributed by atoms with Gasteiger partial charge in [-0.05, 0) is 17.7 Å². The monoisotopic (exact) mass is 318 g/mol. The van der Waals surface area contributed by atoms with Crippen molar-refractivity contribution in [3.8, 4) is 5.75 Å². The van der Waals surface area contributed by atoms with Crippen LogP contribution in [0.25, 0.3) is 0 Å². The van der Waals surface area contributed by atoms with Crippen LogP contribution >= 0.6 is 0 Å². The molecule has 0 aromatic heterocycles. The molecule has 0 aliphatic carbocycles. The van der Waals surface area contributed by atoms with E-state index >= 15 is 0 Å². The first-order valence-electron chi connectivity index (χ1n) is 5.57. The maximum atomic E-state index is 12.1. The second kappa shape index (κ2) is 6.96. The summed E-state index contributed by atoms with van der Waals surface area (Å²) < 4.78 is 80.2. The standard InChI is InChI=1S/C11H12F6N2O2/c12-10(13,14)6-20-5-9(19-18)7-2-1-3-8(4-7)21-11(15,16)17/h1-4,9,19H,5-6,18H2. The molecule has 4 nitrogen and oxygen atoms in total. The topological polar surface area (TPSA) is 56.5 Å². The minimum absolute atomic E-state index is 0.196. The van der Waals surface area contributed by atoms with Crippen molar-refractivity contribution < 1.29 is 35.8 Å². The van der Waals surface area contributed by atoms with E-state index in [0.29, 0.717) is 0 Å². The summed E-state index contributed by atoms with van der Waals surface area (Å²) in [5, 5.41) is 0. The molecule has 0 heterocycles. The van der Waals surface area contributed by atoms with E-state index in [4.69, 9.17) is 5.84 Å². The second-order valence-electron chi connectivity index (χ2n) is 3.97. The Balaban J connectivity index is 2.70. The quantitative estimate of drug-likeness (QED) is 0.481. The number of hydrogen-bond acceptors (Lipinski definition) is 4. The van der Waals surface area contributed by atoms with Crippen LogP contribution in [0.5, 0.6) is 5.75 Å². The molecule has 1 rings (SSSR count). The van der Waals surface area contributed by atoms with Crippen molar-refractivity contribution in [3.63, 3.8) is 0 Å². The summed E-state index contributed by atoms with van der Waals surface area (Å²) in [6.45, 7) is -1.95. The molecule has 0 spiro atoms. The van der Waals surface area contributed by atoms with Gasteiger partial charge in [0.2, 0.25) is 0 Å². The summed E-state index contributed by atoms with van der Waals surface area (Å²) in [5.41, 5.74) is 2.36. The van der Waals surface area contributed by atoms with Crippen molar-refractivity contribution in [2.24, 2.45) is 5.84 Å². The molecule has 1 unspecified atom stereocenters.